The van der Waals surface area contributed by atoms with E-state index in [1.54, 1.807) is 0 Å². The number of ether oxygens (including phenoxy) is 1. The predicted octanol–water partition coefficient (Wildman–Crippen LogP) is 13.2. The zero-order valence-corrected chi connectivity index (χ0v) is 36.1. The number of para-hydroxylation sites is 1. The smallest absolute Gasteiger partial charge is 0.509 e. The van der Waals surface area contributed by atoms with E-state index in [2.05, 4.69) is 152 Å². The Balaban J connectivity index is 0.00000514. The summed E-state index contributed by atoms with van der Waals surface area (Å²) in [5, 5.41) is 7.21. The fourth-order valence-corrected chi connectivity index (χ4v) is 7.45. The Kier molecular flexibility index (Phi) is 12.5. The summed E-state index contributed by atoms with van der Waals surface area (Å²) in [5.41, 5.74) is 11.9. The van der Waals surface area contributed by atoms with Gasteiger partial charge >= 0.3 is 21.1 Å². The van der Waals surface area contributed by atoms with Crippen molar-refractivity contribution in [2.75, 3.05) is 0 Å². The molecule has 55 heavy (non-hydrogen) atoms. The Morgan fingerprint density at radius 3 is 2.07 bits per heavy atom. The van der Waals surface area contributed by atoms with Crippen molar-refractivity contribution in [1.82, 2.24) is 19.3 Å². The van der Waals surface area contributed by atoms with Gasteiger partial charge in [0.2, 0.25) is 0 Å². The molecule has 7 aromatic rings. The van der Waals surface area contributed by atoms with Crippen LogP contribution >= 0.6 is 0 Å². The first-order valence-corrected chi connectivity index (χ1v) is 19.8. The maximum absolute atomic E-state index is 6.65. The quantitative estimate of drug-likeness (QED) is 0.108. The molecule has 3 aromatic heterocycles. The molecule has 6 heteroatoms. The number of rotatable bonds is 13. The van der Waals surface area contributed by atoms with E-state index in [9.17, 15) is 0 Å². The number of aryl methyl sites for hydroxylation is 3. The number of hydrogen-bond donors (Lipinski definition) is 0. The monoisotopic (exact) mass is 909 g/mol. The van der Waals surface area contributed by atoms with Crippen molar-refractivity contribution in [3.05, 3.63) is 131 Å². The van der Waals surface area contributed by atoms with E-state index in [1.807, 2.05) is 23.1 Å². The first-order valence-electron chi connectivity index (χ1n) is 19.8. The van der Waals surface area contributed by atoms with Crippen molar-refractivity contribution in [2.45, 2.75) is 99.8 Å². The molecule has 4 aromatic carbocycles. The standard InChI is InChI=1S/C49H54N4O.Pt/c1-31(2)14-16-37-22-35(9)23-38(17-15-32(3)4)49(37)40-29-51-52(30-40)41-24-39(34(7)8)25-43(27-41)54-42-18-19-45-44-12-10-11-13-46(44)53(47(45)28-42)48-26-36(33(5)6)20-21-50-48;/h10-13,18-26,29-34H,14-17H2,1-9H3;/q-2;+2. The second-order valence-electron chi connectivity index (χ2n) is 16.5. The van der Waals surface area contributed by atoms with Gasteiger partial charge in [0, 0.05) is 35.0 Å². The topological polar surface area (TPSA) is 44.9 Å². The van der Waals surface area contributed by atoms with Crippen LogP contribution in [0.5, 0.6) is 11.5 Å². The molecular formula is C49H54N4OPt. The normalized spacial score (nSPS) is 11.8. The first kappa shape index (κ1) is 40.2. The molecule has 0 unspecified atom stereocenters. The van der Waals surface area contributed by atoms with Gasteiger partial charge in [-0.05, 0) is 108 Å². The average Bonchev–Trinajstić information content (AvgIpc) is 3.76. The Morgan fingerprint density at radius 1 is 0.709 bits per heavy atom. The van der Waals surface area contributed by atoms with Crippen molar-refractivity contribution < 1.29 is 25.8 Å². The zero-order chi connectivity index (χ0) is 38.1. The molecule has 286 valence electrons. The maximum atomic E-state index is 6.65. The summed E-state index contributed by atoms with van der Waals surface area (Å²) in [4.78, 5) is 4.82. The predicted molar refractivity (Wildman–Crippen MR) is 225 cm³/mol. The number of nitrogens with zero attached hydrogens (tertiary/aromatic N) is 4. The van der Waals surface area contributed by atoms with E-state index in [0.29, 0.717) is 29.3 Å². The summed E-state index contributed by atoms with van der Waals surface area (Å²) in [6, 6.07) is 33.1. The molecule has 5 nitrogen and oxygen atoms in total. The van der Waals surface area contributed by atoms with Gasteiger partial charge < -0.3 is 9.30 Å². The van der Waals surface area contributed by atoms with Crippen LogP contribution in [0.15, 0.2) is 91.4 Å². The van der Waals surface area contributed by atoms with Gasteiger partial charge in [0.05, 0.1) is 6.20 Å². The minimum Gasteiger partial charge on any atom is -0.509 e. The molecule has 0 aliphatic carbocycles. The summed E-state index contributed by atoms with van der Waals surface area (Å²) in [6.45, 7) is 20.3. The molecule has 0 fully saturated rings. The summed E-state index contributed by atoms with van der Waals surface area (Å²) in [6.07, 6.45) is 10.5. The number of benzene rings is 4. The fourth-order valence-electron chi connectivity index (χ4n) is 7.45. The molecule has 0 bridgehead atoms. The molecule has 0 aliphatic heterocycles. The van der Waals surface area contributed by atoms with E-state index in [4.69, 9.17) is 14.8 Å². The van der Waals surface area contributed by atoms with Crippen LogP contribution in [-0.2, 0) is 33.9 Å². The summed E-state index contributed by atoms with van der Waals surface area (Å²) >= 11 is 0. The molecule has 0 amide bonds. The van der Waals surface area contributed by atoms with Crippen LogP contribution in [0, 0.1) is 30.9 Å². The average molecular weight is 910 g/mol. The van der Waals surface area contributed by atoms with Crippen LogP contribution < -0.4 is 4.74 Å². The Bertz CT molecular complexity index is 2380. The molecule has 0 radical (unpaired) electrons. The third-order valence-corrected chi connectivity index (χ3v) is 10.5. The second-order valence-corrected chi connectivity index (χ2v) is 16.5. The molecule has 0 saturated carbocycles. The van der Waals surface area contributed by atoms with Crippen molar-refractivity contribution >= 4 is 21.8 Å². The third-order valence-electron chi connectivity index (χ3n) is 10.5. The van der Waals surface area contributed by atoms with Crippen molar-refractivity contribution in [3.8, 4) is 34.1 Å². The minimum absolute atomic E-state index is 0. The van der Waals surface area contributed by atoms with E-state index >= 15 is 0 Å². The minimum atomic E-state index is 0. The number of pyridine rings is 1. The van der Waals surface area contributed by atoms with Crippen molar-refractivity contribution in [2.24, 2.45) is 11.8 Å². The van der Waals surface area contributed by atoms with E-state index < -0.39 is 0 Å². The number of hydrogen-bond acceptors (Lipinski definition) is 3. The molecule has 0 aliphatic rings. The van der Waals surface area contributed by atoms with Gasteiger partial charge in [-0.15, -0.1) is 41.3 Å². The largest absolute Gasteiger partial charge is 2.00 e. The second kappa shape index (κ2) is 17.1. The van der Waals surface area contributed by atoms with Gasteiger partial charge in [0.25, 0.3) is 0 Å². The summed E-state index contributed by atoms with van der Waals surface area (Å²) < 4.78 is 10.8. The van der Waals surface area contributed by atoms with Crippen LogP contribution in [0.4, 0.5) is 0 Å². The van der Waals surface area contributed by atoms with Gasteiger partial charge in [-0.25, -0.2) is 4.98 Å². The van der Waals surface area contributed by atoms with Gasteiger partial charge in [0.1, 0.15) is 5.82 Å². The van der Waals surface area contributed by atoms with Crippen molar-refractivity contribution in [1.29, 1.82) is 0 Å². The van der Waals surface area contributed by atoms with Crippen LogP contribution in [0.2, 0.25) is 0 Å². The number of aromatic nitrogens is 4. The Morgan fingerprint density at radius 2 is 1.40 bits per heavy atom. The summed E-state index contributed by atoms with van der Waals surface area (Å²) in [5.74, 6) is 4.09. The summed E-state index contributed by atoms with van der Waals surface area (Å²) in [7, 11) is 0. The van der Waals surface area contributed by atoms with Gasteiger partial charge in [-0.3, -0.25) is 4.68 Å². The third kappa shape index (κ3) is 8.84. The molecule has 0 atom stereocenters. The fraction of sp³-hybridized carbons (Fsp3) is 0.347. The molecule has 3 heterocycles. The molecular weight excluding hydrogens is 856 g/mol. The molecule has 0 N–H and O–H groups in total. The van der Waals surface area contributed by atoms with Crippen LogP contribution in [0.1, 0.15) is 108 Å². The van der Waals surface area contributed by atoms with Crippen LogP contribution in [0.3, 0.4) is 0 Å². The van der Waals surface area contributed by atoms with Gasteiger partial charge in [-0.2, -0.15) is 11.2 Å². The Labute approximate surface area is 342 Å². The van der Waals surface area contributed by atoms with E-state index in [1.165, 1.54) is 27.8 Å². The molecule has 7 rings (SSSR count). The molecule has 0 spiro atoms. The zero-order valence-electron chi connectivity index (χ0n) is 33.8. The van der Waals surface area contributed by atoms with E-state index in [0.717, 1.165) is 70.1 Å². The SMILES string of the molecule is Cc1cc(CCC(C)C)c(-c2cnn(-c3[c-]c(Oc4[c-]c5c(cc4)c4ccccc4n5-c4cc(C(C)C)ccn4)cc(C(C)C)c3)c2)c(CCC(C)C)c1.[Pt+2]. The van der Waals surface area contributed by atoms with Gasteiger partial charge in [0.15, 0.2) is 0 Å². The van der Waals surface area contributed by atoms with Gasteiger partial charge in [-0.1, -0.05) is 96.8 Å². The van der Waals surface area contributed by atoms with Crippen LogP contribution in [0.25, 0.3) is 44.4 Å². The van der Waals surface area contributed by atoms with E-state index in [-0.39, 0.29) is 27.0 Å². The first-order chi connectivity index (χ1) is 25.9. The molecule has 0 saturated heterocycles. The number of fused-ring (bicyclic) bond motifs is 3. The van der Waals surface area contributed by atoms with Crippen LogP contribution in [-0.4, -0.2) is 19.3 Å². The Hall–Kier alpha value is -4.47. The maximum Gasteiger partial charge on any atom is 2.00 e. The van der Waals surface area contributed by atoms with Crippen molar-refractivity contribution in [3.63, 3.8) is 0 Å².